The minimum Gasteiger partial charge on any atom is -0.458 e. The molecule has 422 valence electrons. The fraction of sp³-hybridized carbons (Fsp3) is 0.821. The molecule has 0 spiro atoms. The number of aliphatic hydroxyl groups excluding tert-OH is 2. The normalized spacial score (nSPS) is 48.9. The van der Waals surface area contributed by atoms with Crippen LogP contribution in [0.15, 0.2) is 42.0 Å². The highest BCUT2D eigenvalue weighted by molar-refractivity contribution is 5.89. The van der Waals surface area contributed by atoms with E-state index >= 15 is 0 Å². The largest absolute Gasteiger partial charge is 0.458 e. The maximum absolute atomic E-state index is 13.7. The Kier molecular flexibility index (Phi) is 17.2. The molecule has 8 aliphatic rings. The van der Waals surface area contributed by atoms with E-state index in [0.717, 1.165) is 5.57 Å². The van der Waals surface area contributed by atoms with Gasteiger partial charge in [-0.15, -0.1) is 0 Å². The van der Waals surface area contributed by atoms with Crippen molar-refractivity contribution in [2.75, 3.05) is 28.4 Å². The first kappa shape index (κ1) is 57.2. The third kappa shape index (κ3) is 10.2. The van der Waals surface area contributed by atoms with Crippen LogP contribution in [0.25, 0.3) is 0 Å². The Balaban J connectivity index is 0.804. The number of carbonyl (C=O) groups is 2. The van der Waals surface area contributed by atoms with Crippen molar-refractivity contribution in [3.05, 3.63) is 47.5 Å². The lowest BCUT2D eigenvalue weighted by Crippen LogP contribution is -2.75. The molecule has 19 nitrogen and oxygen atoms in total. The maximum Gasteiger partial charge on any atom is 0.338 e. The Bertz CT molecular complexity index is 2170. The Morgan fingerprint density at radius 3 is 1.72 bits per heavy atom. The van der Waals surface area contributed by atoms with Gasteiger partial charge in [0.15, 0.2) is 25.2 Å². The molecular formula is C56H84O19. The molecule has 0 aromatic heterocycles. The van der Waals surface area contributed by atoms with Crippen LogP contribution in [0.2, 0.25) is 0 Å². The van der Waals surface area contributed by atoms with Crippen molar-refractivity contribution >= 4 is 11.8 Å². The molecule has 3 saturated carbocycles. The molecule has 75 heavy (non-hydrogen) atoms. The van der Waals surface area contributed by atoms with Crippen LogP contribution in [-0.2, 0) is 66.4 Å². The van der Waals surface area contributed by atoms with E-state index in [0.29, 0.717) is 56.9 Å². The van der Waals surface area contributed by atoms with Gasteiger partial charge in [0.05, 0.1) is 54.4 Å². The summed E-state index contributed by atoms with van der Waals surface area (Å²) in [5, 5.41) is 47.3. The molecule has 0 bridgehead atoms. The number of esters is 1. The third-order valence-electron chi connectivity index (χ3n) is 19.2. The van der Waals surface area contributed by atoms with Crippen LogP contribution in [0.1, 0.15) is 123 Å². The second kappa shape index (κ2) is 22.5. The summed E-state index contributed by atoms with van der Waals surface area (Å²) in [5.74, 6) is -1.65. The first-order chi connectivity index (χ1) is 35.6. The van der Waals surface area contributed by atoms with E-state index in [-0.39, 0.29) is 24.7 Å². The molecule has 4 aliphatic heterocycles. The van der Waals surface area contributed by atoms with Crippen molar-refractivity contribution in [2.45, 2.75) is 241 Å². The number of rotatable bonds is 15. The average molecular weight is 1060 g/mol. The van der Waals surface area contributed by atoms with Crippen molar-refractivity contribution in [1.29, 1.82) is 0 Å². The average Bonchev–Trinajstić information content (AvgIpc) is 3.73. The van der Waals surface area contributed by atoms with Crippen molar-refractivity contribution in [2.24, 2.45) is 22.7 Å². The smallest absolute Gasteiger partial charge is 0.338 e. The summed E-state index contributed by atoms with van der Waals surface area (Å²) in [6.07, 6.45) is -6.10. The van der Waals surface area contributed by atoms with E-state index in [1.165, 1.54) is 14.0 Å². The van der Waals surface area contributed by atoms with E-state index in [4.69, 9.17) is 61.6 Å². The zero-order chi connectivity index (χ0) is 53.9. The molecule has 0 radical (unpaired) electrons. The molecule has 25 atom stereocenters. The zero-order valence-corrected chi connectivity index (χ0v) is 45.6. The summed E-state index contributed by atoms with van der Waals surface area (Å²) in [5.41, 5.74) is -3.46. The van der Waals surface area contributed by atoms with Gasteiger partial charge >= 0.3 is 5.97 Å². The Labute approximate surface area is 441 Å². The lowest BCUT2D eigenvalue weighted by atomic mass is 9.43. The van der Waals surface area contributed by atoms with Gasteiger partial charge in [-0.3, -0.25) is 4.79 Å². The number of carbonyl (C=O) groups excluding carboxylic acids is 2. The molecule has 1 aromatic carbocycles. The van der Waals surface area contributed by atoms with Crippen LogP contribution in [0.5, 0.6) is 0 Å². The summed E-state index contributed by atoms with van der Waals surface area (Å²) in [7, 11) is 6.27. The fourth-order valence-electron chi connectivity index (χ4n) is 15.0. The number of benzene rings is 1. The number of fused-ring (bicyclic) bond motifs is 5. The second-order valence-electron chi connectivity index (χ2n) is 23.2. The molecule has 9 rings (SSSR count). The van der Waals surface area contributed by atoms with Gasteiger partial charge in [0.1, 0.15) is 59.7 Å². The third-order valence-corrected chi connectivity index (χ3v) is 19.2. The number of hydrogen-bond donors (Lipinski definition) is 4. The van der Waals surface area contributed by atoms with E-state index in [9.17, 15) is 30.0 Å². The SMILES string of the molecule is COC1CC(OC2CCC3(C)C(=CCC4(O)C3CC(OC(=O)c3ccccc3)C3(C)C(C(C)=O)CCC43O)C2)OC(C)C1OC1CC(OC)C(OC2CC(OC)C(OC3OC(C)C(O)C(OC)C3O)C(C)O2)C(C)O1. The van der Waals surface area contributed by atoms with Crippen molar-refractivity contribution in [1.82, 2.24) is 0 Å². The zero-order valence-electron chi connectivity index (χ0n) is 45.6. The summed E-state index contributed by atoms with van der Waals surface area (Å²) in [4.78, 5) is 27.0. The molecule has 19 heteroatoms. The number of ketones is 1. The van der Waals surface area contributed by atoms with Gasteiger partial charge < -0.3 is 82.0 Å². The number of methoxy groups -OCH3 is 4. The molecule has 4 saturated heterocycles. The van der Waals surface area contributed by atoms with E-state index in [1.807, 2.05) is 33.8 Å². The summed E-state index contributed by atoms with van der Waals surface area (Å²) in [6.45, 7) is 12.9. The number of hydrogen-bond acceptors (Lipinski definition) is 19. The van der Waals surface area contributed by atoms with Crippen molar-refractivity contribution in [3.63, 3.8) is 0 Å². The lowest BCUT2D eigenvalue weighted by molar-refractivity contribution is -0.355. The standard InChI is InChI=1S/C56H84O19/c1-28(57)36-19-22-56(62)54(36,7)41(72-51(60)33-15-13-12-14-16-33)27-40-53(6)20-18-35(23-34(53)17-21-55(40,56)61)71-42-24-37(63-8)47(30(3)67-42)73-43-25-38(64-9)48(31(4)68-43)74-44-26-39(65-10)49(32(5)69-44)75-52-46(59)50(66-11)45(58)29(2)70-52/h12-17,29-32,35-50,52,58-59,61-62H,18-27H2,1-11H3. The van der Waals surface area contributed by atoms with Gasteiger partial charge in [-0.2, -0.15) is 0 Å². The Morgan fingerprint density at radius 2 is 1.19 bits per heavy atom. The van der Waals surface area contributed by atoms with Crippen LogP contribution in [0, 0.1) is 22.7 Å². The predicted molar refractivity (Wildman–Crippen MR) is 266 cm³/mol. The van der Waals surface area contributed by atoms with Crippen LogP contribution in [0.3, 0.4) is 0 Å². The quantitative estimate of drug-likeness (QED) is 0.138. The van der Waals surface area contributed by atoms with Crippen LogP contribution in [-0.4, -0.2) is 189 Å². The second-order valence-corrected chi connectivity index (χ2v) is 23.2. The molecule has 25 unspecified atom stereocenters. The highest BCUT2D eigenvalue weighted by Crippen LogP contribution is 2.70. The van der Waals surface area contributed by atoms with Gasteiger partial charge in [-0.05, 0) is 97.1 Å². The maximum atomic E-state index is 13.7. The molecular weight excluding hydrogens is 977 g/mol. The summed E-state index contributed by atoms with van der Waals surface area (Å²) in [6, 6.07) is 8.76. The first-order valence-electron chi connectivity index (χ1n) is 27.3. The molecule has 7 fully saturated rings. The van der Waals surface area contributed by atoms with Crippen LogP contribution in [0.4, 0.5) is 0 Å². The predicted octanol–water partition coefficient (Wildman–Crippen LogP) is 4.69. The Hall–Kier alpha value is -2.54. The van der Waals surface area contributed by atoms with Crippen molar-refractivity contribution < 1.29 is 91.6 Å². The number of aliphatic hydroxyl groups is 4. The van der Waals surface area contributed by atoms with Crippen LogP contribution >= 0.6 is 0 Å². The molecule has 0 amide bonds. The fourth-order valence-corrected chi connectivity index (χ4v) is 15.0. The van der Waals surface area contributed by atoms with E-state index in [1.54, 1.807) is 52.5 Å². The van der Waals surface area contributed by atoms with Crippen molar-refractivity contribution in [3.8, 4) is 0 Å². The van der Waals surface area contributed by atoms with Gasteiger partial charge in [0.2, 0.25) is 0 Å². The minimum absolute atomic E-state index is 0.0872. The first-order valence-corrected chi connectivity index (χ1v) is 27.3. The summed E-state index contributed by atoms with van der Waals surface area (Å²) >= 11 is 0. The molecule has 4 heterocycles. The Morgan fingerprint density at radius 1 is 0.640 bits per heavy atom. The van der Waals surface area contributed by atoms with E-state index < -0.39 is 150 Å². The topological polar surface area (TPSA) is 235 Å². The highest BCUT2D eigenvalue weighted by Gasteiger charge is 2.77. The molecule has 4 aliphatic carbocycles. The van der Waals surface area contributed by atoms with Crippen LogP contribution < -0.4 is 0 Å². The number of ether oxygens (including phenoxy) is 13. The summed E-state index contributed by atoms with van der Waals surface area (Å²) < 4.78 is 81.2. The van der Waals surface area contributed by atoms with E-state index in [2.05, 4.69) is 13.0 Å². The van der Waals surface area contributed by atoms with Gasteiger partial charge in [-0.1, -0.05) is 43.7 Å². The van der Waals surface area contributed by atoms with Gasteiger partial charge in [0, 0.05) is 65.0 Å². The molecule has 4 N–H and O–H groups in total. The van der Waals surface area contributed by atoms with Gasteiger partial charge in [-0.25, -0.2) is 4.79 Å². The highest BCUT2D eigenvalue weighted by atomic mass is 16.8. The number of Topliss-reactive ketones (excluding diaryl/α,β-unsaturated/α-hetero) is 1. The van der Waals surface area contributed by atoms with Gasteiger partial charge in [0.25, 0.3) is 0 Å². The lowest BCUT2D eigenvalue weighted by Gasteiger charge is -2.66. The molecule has 1 aromatic rings. The minimum atomic E-state index is -1.68. The monoisotopic (exact) mass is 1060 g/mol.